The number of furan rings is 1. The molecule has 1 aromatic rings. The van der Waals surface area contributed by atoms with Gasteiger partial charge in [-0.1, -0.05) is 13.8 Å². The van der Waals surface area contributed by atoms with E-state index in [1.54, 1.807) is 33.0 Å². The first-order chi connectivity index (χ1) is 8.41. The van der Waals surface area contributed by atoms with E-state index in [1.165, 1.54) is 11.2 Å². The summed E-state index contributed by atoms with van der Waals surface area (Å²) in [6.45, 7) is 3.78. The van der Waals surface area contributed by atoms with Crippen LogP contribution < -0.4 is 5.32 Å². The highest BCUT2D eigenvalue weighted by molar-refractivity contribution is 5.82. The highest BCUT2D eigenvalue weighted by atomic mass is 16.4. The van der Waals surface area contributed by atoms with Crippen molar-refractivity contribution in [1.29, 1.82) is 0 Å². The van der Waals surface area contributed by atoms with Crippen LogP contribution in [0.5, 0.6) is 0 Å². The molecule has 0 saturated carbocycles. The van der Waals surface area contributed by atoms with Crippen LogP contribution in [0.25, 0.3) is 0 Å². The summed E-state index contributed by atoms with van der Waals surface area (Å²) in [4.78, 5) is 24.1. The maximum atomic E-state index is 11.8. The van der Waals surface area contributed by atoms with Crippen molar-refractivity contribution >= 4 is 12.0 Å². The number of hydrogen-bond acceptors (Lipinski definition) is 3. The maximum Gasteiger partial charge on any atom is 0.326 e. The summed E-state index contributed by atoms with van der Waals surface area (Å²) in [7, 11) is 1.58. The van der Waals surface area contributed by atoms with E-state index in [9.17, 15) is 9.59 Å². The van der Waals surface area contributed by atoms with Crippen molar-refractivity contribution in [3.63, 3.8) is 0 Å². The number of carbonyl (C=O) groups is 2. The van der Waals surface area contributed by atoms with Crippen molar-refractivity contribution in [3.8, 4) is 0 Å². The van der Waals surface area contributed by atoms with Crippen LogP contribution in [-0.4, -0.2) is 35.1 Å². The van der Waals surface area contributed by atoms with Crippen LogP contribution in [-0.2, 0) is 11.3 Å². The molecule has 0 fully saturated rings. The molecule has 0 unspecified atom stereocenters. The second-order valence-corrected chi connectivity index (χ2v) is 4.44. The van der Waals surface area contributed by atoms with Crippen LogP contribution in [0.15, 0.2) is 22.8 Å². The van der Waals surface area contributed by atoms with Gasteiger partial charge in [0.25, 0.3) is 0 Å². The molecule has 18 heavy (non-hydrogen) atoms. The zero-order valence-corrected chi connectivity index (χ0v) is 10.7. The number of carboxylic acid groups (broad SMARTS) is 1. The monoisotopic (exact) mass is 254 g/mol. The number of rotatable bonds is 5. The number of amides is 2. The molecule has 1 atom stereocenters. The lowest BCUT2D eigenvalue weighted by atomic mass is 10.1. The van der Waals surface area contributed by atoms with Gasteiger partial charge in [0, 0.05) is 7.05 Å². The highest BCUT2D eigenvalue weighted by Crippen LogP contribution is 2.06. The third kappa shape index (κ3) is 3.80. The van der Waals surface area contributed by atoms with Crippen LogP contribution in [0.4, 0.5) is 4.79 Å². The van der Waals surface area contributed by atoms with Gasteiger partial charge >= 0.3 is 12.0 Å². The molecule has 0 aliphatic heterocycles. The Morgan fingerprint density at radius 3 is 2.61 bits per heavy atom. The van der Waals surface area contributed by atoms with E-state index < -0.39 is 18.0 Å². The van der Waals surface area contributed by atoms with Crippen molar-refractivity contribution in [2.24, 2.45) is 5.92 Å². The van der Waals surface area contributed by atoms with Crippen molar-refractivity contribution in [2.45, 2.75) is 26.4 Å². The summed E-state index contributed by atoms with van der Waals surface area (Å²) in [5, 5.41) is 11.5. The van der Waals surface area contributed by atoms with E-state index in [-0.39, 0.29) is 5.92 Å². The first-order valence-corrected chi connectivity index (χ1v) is 5.68. The van der Waals surface area contributed by atoms with Gasteiger partial charge in [-0.15, -0.1) is 0 Å². The van der Waals surface area contributed by atoms with Gasteiger partial charge in [0.1, 0.15) is 11.8 Å². The molecule has 1 rings (SSSR count). The van der Waals surface area contributed by atoms with Gasteiger partial charge in [0.15, 0.2) is 0 Å². The molecule has 1 heterocycles. The Kier molecular flexibility index (Phi) is 4.76. The molecule has 0 radical (unpaired) electrons. The molecular formula is C12H18N2O4. The number of carbonyl (C=O) groups excluding carboxylic acids is 1. The van der Waals surface area contributed by atoms with Gasteiger partial charge in [-0.3, -0.25) is 0 Å². The maximum absolute atomic E-state index is 11.8. The van der Waals surface area contributed by atoms with Gasteiger partial charge in [0.2, 0.25) is 0 Å². The molecule has 0 saturated heterocycles. The van der Waals surface area contributed by atoms with E-state index in [0.717, 1.165) is 0 Å². The van der Waals surface area contributed by atoms with Crippen LogP contribution >= 0.6 is 0 Å². The molecule has 0 aromatic carbocycles. The molecular weight excluding hydrogens is 236 g/mol. The number of nitrogens with zero attached hydrogens (tertiary/aromatic N) is 1. The summed E-state index contributed by atoms with van der Waals surface area (Å²) in [6, 6.07) is 2.15. The molecule has 1 aromatic heterocycles. The molecule has 6 nitrogen and oxygen atoms in total. The Hall–Kier alpha value is -1.98. The molecule has 2 N–H and O–H groups in total. The van der Waals surface area contributed by atoms with Crippen LogP contribution in [0.3, 0.4) is 0 Å². The number of carboxylic acids is 1. The number of urea groups is 1. The third-order valence-corrected chi connectivity index (χ3v) is 2.53. The number of aliphatic carboxylic acids is 1. The zero-order chi connectivity index (χ0) is 13.7. The first-order valence-electron chi connectivity index (χ1n) is 5.68. The fourth-order valence-corrected chi connectivity index (χ4v) is 1.46. The van der Waals surface area contributed by atoms with Gasteiger partial charge in [-0.05, 0) is 18.1 Å². The topological polar surface area (TPSA) is 82.8 Å². The Balaban J connectivity index is 2.56. The van der Waals surface area contributed by atoms with Crippen molar-refractivity contribution in [1.82, 2.24) is 10.2 Å². The van der Waals surface area contributed by atoms with Crippen LogP contribution in [0.2, 0.25) is 0 Å². The Morgan fingerprint density at radius 2 is 2.17 bits per heavy atom. The number of hydrogen-bond donors (Lipinski definition) is 2. The van der Waals surface area contributed by atoms with Crippen molar-refractivity contribution in [3.05, 3.63) is 24.2 Å². The number of nitrogens with one attached hydrogen (secondary N) is 1. The molecule has 100 valence electrons. The fourth-order valence-electron chi connectivity index (χ4n) is 1.46. The summed E-state index contributed by atoms with van der Waals surface area (Å²) in [5.74, 6) is -0.572. The average Bonchev–Trinajstić information content (AvgIpc) is 2.77. The predicted molar refractivity (Wildman–Crippen MR) is 65.0 cm³/mol. The Bertz CT molecular complexity index is 400. The fraction of sp³-hybridized carbons (Fsp3) is 0.500. The van der Waals surface area contributed by atoms with Crippen molar-refractivity contribution < 1.29 is 19.1 Å². The van der Waals surface area contributed by atoms with Crippen molar-refractivity contribution in [2.75, 3.05) is 7.05 Å². The van der Waals surface area contributed by atoms with E-state index in [1.807, 2.05) is 0 Å². The lowest BCUT2D eigenvalue weighted by Gasteiger charge is -2.22. The smallest absolute Gasteiger partial charge is 0.326 e. The van der Waals surface area contributed by atoms with Gasteiger partial charge in [-0.2, -0.15) is 0 Å². The minimum atomic E-state index is -1.04. The van der Waals surface area contributed by atoms with E-state index in [0.29, 0.717) is 12.3 Å². The lowest BCUT2D eigenvalue weighted by molar-refractivity contribution is -0.140. The third-order valence-electron chi connectivity index (χ3n) is 2.53. The SMILES string of the molecule is CC(C)[C@@H](NC(=O)N(C)Cc1ccco1)C(=O)O. The Morgan fingerprint density at radius 1 is 1.50 bits per heavy atom. The minimum absolute atomic E-state index is 0.177. The summed E-state index contributed by atoms with van der Waals surface area (Å²) < 4.78 is 5.12. The molecule has 2 amide bonds. The molecule has 6 heteroatoms. The quantitative estimate of drug-likeness (QED) is 0.834. The second kappa shape index (κ2) is 6.09. The molecule has 0 bridgehead atoms. The standard InChI is InChI=1S/C12H18N2O4/c1-8(2)10(11(15)16)13-12(17)14(3)7-9-5-4-6-18-9/h4-6,8,10H,7H2,1-3H3,(H,13,17)(H,15,16)/t10-/m1/s1. The average molecular weight is 254 g/mol. The lowest BCUT2D eigenvalue weighted by Crippen LogP contribution is -2.48. The minimum Gasteiger partial charge on any atom is -0.480 e. The Labute approximate surface area is 106 Å². The normalized spacial score (nSPS) is 12.2. The summed E-state index contributed by atoms with van der Waals surface area (Å²) in [5.41, 5.74) is 0. The van der Waals surface area contributed by atoms with Gasteiger partial charge < -0.3 is 19.7 Å². The second-order valence-electron chi connectivity index (χ2n) is 4.44. The van der Waals surface area contributed by atoms with E-state index in [4.69, 9.17) is 9.52 Å². The highest BCUT2D eigenvalue weighted by Gasteiger charge is 2.24. The van der Waals surface area contributed by atoms with Crippen LogP contribution in [0.1, 0.15) is 19.6 Å². The molecule has 0 spiro atoms. The summed E-state index contributed by atoms with van der Waals surface area (Å²) >= 11 is 0. The van der Waals surface area contributed by atoms with Crippen LogP contribution in [0, 0.1) is 5.92 Å². The molecule has 0 aliphatic rings. The van der Waals surface area contributed by atoms with Gasteiger partial charge in [-0.25, -0.2) is 9.59 Å². The predicted octanol–water partition coefficient (Wildman–Crippen LogP) is 1.53. The van der Waals surface area contributed by atoms with E-state index >= 15 is 0 Å². The zero-order valence-electron chi connectivity index (χ0n) is 10.7. The molecule has 0 aliphatic carbocycles. The largest absolute Gasteiger partial charge is 0.480 e. The van der Waals surface area contributed by atoms with E-state index in [2.05, 4.69) is 5.32 Å². The first kappa shape index (κ1) is 14.1. The summed E-state index contributed by atoms with van der Waals surface area (Å²) in [6.07, 6.45) is 1.52. The van der Waals surface area contributed by atoms with Gasteiger partial charge in [0.05, 0.1) is 12.8 Å².